The van der Waals surface area contributed by atoms with Gasteiger partial charge in [-0.2, -0.15) is 0 Å². The predicted molar refractivity (Wildman–Crippen MR) is 77.5 cm³/mol. The van der Waals surface area contributed by atoms with Crippen LogP contribution in [0.4, 0.5) is 0 Å². The minimum Gasteiger partial charge on any atom is -0.496 e. The fraction of sp³-hybridized carbons (Fsp3) is 0.571. The van der Waals surface area contributed by atoms with Gasteiger partial charge in [-0.05, 0) is 39.0 Å². The Kier molecular flexibility index (Phi) is 5.93. The molecule has 1 rings (SSSR count). The molecule has 0 spiro atoms. The molecule has 0 fully saturated rings. The summed E-state index contributed by atoms with van der Waals surface area (Å²) in [5.41, 5.74) is 1.25. The average molecular weight is 271 g/mol. The minimum absolute atomic E-state index is 0.162. The summed E-state index contributed by atoms with van der Waals surface area (Å²) in [5, 5.41) is 7.54. The number of nitrogens with one attached hydrogen (secondary N) is 2. The molecule has 2 N–H and O–H groups in total. The van der Waals surface area contributed by atoms with Crippen LogP contribution in [0.15, 0.2) is 18.2 Å². The maximum Gasteiger partial charge on any atom is 0.123 e. The zero-order valence-electron chi connectivity index (χ0n) is 11.6. The van der Waals surface area contributed by atoms with Crippen LogP contribution in [0.2, 0.25) is 5.02 Å². The number of halogens is 1. The van der Waals surface area contributed by atoms with E-state index in [1.54, 1.807) is 7.11 Å². The number of methoxy groups -OCH3 is 1. The molecule has 0 radical (unpaired) electrons. The smallest absolute Gasteiger partial charge is 0.123 e. The zero-order chi connectivity index (χ0) is 13.6. The van der Waals surface area contributed by atoms with Crippen molar-refractivity contribution in [2.24, 2.45) is 0 Å². The molecule has 0 aliphatic carbocycles. The van der Waals surface area contributed by atoms with Gasteiger partial charge < -0.3 is 15.4 Å². The average Bonchev–Trinajstić information content (AvgIpc) is 2.27. The first kappa shape index (κ1) is 15.3. The Hall–Kier alpha value is -0.770. The van der Waals surface area contributed by atoms with Gasteiger partial charge in [0.1, 0.15) is 5.75 Å². The second kappa shape index (κ2) is 6.98. The van der Waals surface area contributed by atoms with Gasteiger partial charge in [0.25, 0.3) is 0 Å². The van der Waals surface area contributed by atoms with Crippen molar-refractivity contribution >= 4 is 11.6 Å². The van der Waals surface area contributed by atoms with E-state index in [2.05, 4.69) is 31.4 Å². The van der Waals surface area contributed by atoms with Gasteiger partial charge in [-0.1, -0.05) is 11.6 Å². The van der Waals surface area contributed by atoms with E-state index in [4.69, 9.17) is 16.3 Å². The third-order valence-electron chi connectivity index (χ3n) is 2.52. The largest absolute Gasteiger partial charge is 0.496 e. The van der Waals surface area contributed by atoms with Gasteiger partial charge >= 0.3 is 0 Å². The fourth-order valence-electron chi connectivity index (χ4n) is 1.63. The Morgan fingerprint density at radius 1 is 1.22 bits per heavy atom. The summed E-state index contributed by atoms with van der Waals surface area (Å²) >= 11 is 5.98. The molecule has 18 heavy (non-hydrogen) atoms. The van der Waals surface area contributed by atoms with Gasteiger partial charge in [-0.25, -0.2) is 0 Å². The van der Waals surface area contributed by atoms with Crippen LogP contribution in [-0.2, 0) is 6.54 Å². The van der Waals surface area contributed by atoms with Crippen molar-refractivity contribution in [1.29, 1.82) is 0 Å². The lowest BCUT2D eigenvalue weighted by Crippen LogP contribution is -2.40. The van der Waals surface area contributed by atoms with Gasteiger partial charge in [-0.15, -0.1) is 0 Å². The monoisotopic (exact) mass is 270 g/mol. The molecule has 0 atom stereocenters. The molecule has 0 saturated carbocycles. The summed E-state index contributed by atoms with van der Waals surface area (Å²) in [4.78, 5) is 0. The first-order valence-corrected chi connectivity index (χ1v) is 6.58. The highest BCUT2D eigenvalue weighted by Gasteiger charge is 2.07. The molecular formula is C14H23ClN2O. The molecule has 0 heterocycles. The fourth-order valence-corrected chi connectivity index (χ4v) is 1.83. The summed E-state index contributed by atoms with van der Waals surface area (Å²) < 4.78 is 5.30. The Morgan fingerprint density at radius 3 is 2.56 bits per heavy atom. The lowest BCUT2D eigenvalue weighted by molar-refractivity contribution is 0.404. The number of hydrogen-bond acceptors (Lipinski definition) is 3. The maximum absolute atomic E-state index is 5.98. The van der Waals surface area contributed by atoms with Gasteiger partial charge in [0.05, 0.1) is 7.11 Å². The van der Waals surface area contributed by atoms with Crippen LogP contribution in [0.25, 0.3) is 0 Å². The van der Waals surface area contributed by atoms with Crippen molar-refractivity contribution in [3.63, 3.8) is 0 Å². The molecule has 1 aromatic carbocycles. The maximum atomic E-state index is 5.98. The van der Waals surface area contributed by atoms with Crippen molar-refractivity contribution in [2.75, 3.05) is 20.2 Å². The van der Waals surface area contributed by atoms with Crippen molar-refractivity contribution in [3.05, 3.63) is 28.8 Å². The standard InChI is InChI=1S/C14H23ClN2O/c1-14(2,3)17-8-7-16-10-11-9-12(15)5-6-13(11)18-4/h5-6,9,16-17H,7-8,10H2,1-4H3. The topological polar surface area (TPSA) is 33.3 Å². The van der Waals surface area contributed by atoms with Crippen LogP contribution >= 0.6 is 11.6 Å². The van der Waals surface area contributed by atoms with E-state index in [-0.39, 0.29) is 5.54 Å². The van der Waals surface area contributed by atoms with Crippen molar-refractivity contribution in [1.82, 2.24) is 10.6 Å². The van der Waals surface area contributed by atoms with Gasteiger partial charge in [0, 0.05) is 35.8 Å². The third-order valence-corrected chi connectivity index (χ3v) is 2.75. The lowest BCUT2D eigenvalue weighted by atomic mass is 10.1. The Bertz CT molecular complexity index is 375. The first-order chi connectivity index (χ1) is 8.42. The summed E-state index contributed by atoms with van der Waals surface area (Å²) in [7, 11) is 1.67. The third kappa shape index (κ3) is 5.71. The first-order valence-electron chi connectivity index (χ1n) is 6.20. The Morgan fingerprint density at radius 2 is 1.94 bits per heavy atom. The quantitative estimate of drug-likeness (QED) is 0.780. The van der Waals surface area contributed by atoms with Gasteiger partial charge in [0.2, 0.25) is 0 Å². The normalized spacial score (nSPS) is 11.6. The summed E-state index contributed by atoms with van der Waals surface area (Å²) in [6.45, 7) is 9.09. The van der Waals surface area contributed by atoms with E-state index in [1.165, 1.54) is 0 Å². The minimum atomic E-state index is 0.162. The second-order valence-electron chi connectivity index (χ2n) is 5.31. The van der Waals surface area contributed by atoms with E-state index in [0.717, 1.165) is 36.0 Å². The molecule has 1 aromatic rings. The van der Waals surface area contributed by atoms with Crippen LogP contribution in [0, 0.1) is 0 Å². The van der Waals surface area contributed by atoms with Crippen LogP contribution in [0.3, 0.4) is 0 Å². The Labute approximate surface area is 115 Å². The van der Waals surface area contributed by atoms with Crippen molar-refractivity contribution in [2.45, 2.75) is 32.9 Å². The number of benzene rings is 1. The summed E-state index contributed by atoms with van der Waals surface area (Å²) in [6, 6.07) is 5.67. The van der Waals surface area contributed by atoms with Crippen LogP contribution in [0.1, 0.15) is 26.3 Å². The number of rotatable bonds is 6. The highest BCUT2D eigenvalue weighted by Crippen LogP contribution is 2.22. The molecule has 0 aliphatic rings. The lowest BCUT2D eigenvalue weighted by Gasteiger charge is -2.20. The highest BCUT2D eigenvalue weighted by atomic mass is 35.5. The Balaban J connectivity index is 2.37. The molecule has 0 amide bonds. The molecular weight excluding hydrogens is 248 g/mol. The van der Waals surface area contributed by atoms with Crippen molar-refractivity contribution < 1.29 is 4.74 Å². The van der Waals surface area contributed by atoms with Gasteiger partial charge in [-0.3, -0.25) is 0 Å². The van der Waals surface area contributed by atoms with Crippen LogP contribution in [-0.4, -0.2) is 25.7 Å². The summed E-state index contributed by atoms with van der Waals surface area (Å²) in [5.74, 6) is 0.871. The molecule has 3 nitrogen and oxygen atoms in total. The van der Waals surface area contributed by atoms with E-state index >= 15 is 0 Å². The number of hydrogen-bond donors (Lipinski definition) is 2. The molecule has 0 bridgehead atoms. The van der Waals surface area contributed by atoms with Crippen LogP contribution in [0.5, 0.6) is 5.75 Å². The van der Waals surface area contributed by atoms with E-state index in [9.17, 15) is 0 Å². The molecule has 4 heteroatoms. The van der Waals surface area contributed by atoms with E-state index in [1.807, 2.05) is 18.2 Å². The second-order valence-corrected chi connectivity index (χ2v) is 5.75. The number of ether oxygens (including phenoxy) is 1. The summed E-state index contributed by atoms with van der Waals surface area (Å²) in [6.07, 6.45) is 0. The molecule has 0 aromatic heterocycles. The zero-order valence-corrected chi connectivity index (χ0v) is 12.4. The van der Waals surface area contributed by atoms with E-state index in [0.29, 0.717) is 0 Å². The molecule has 0 aliphatic heterocycles. The van der Waals surface area contributed by atoms with E-state index < -0.39 is 0 Å². The SMILES string of the molecule is COc1ccc(Cl)cc1CNCCNC(C)(C)C. The van der Waals surface area contributed by atoms with Crippen LogP contribution < -0.4 is 15.4 Å². The molecule has 102 valence electrons. The van der Waals surface area contributed by atoms with Crippen molar-refractivity contribution in [3.8, 4) is 5.75 Å². The van der Waals surface area contributed by atoms with Gasteiger partial charge in [0.15, 0.2) is 0 Å². The molecule has 0 saturated heterocycles. The molecule has 0 unspecified atom stereocenters. The highest BCUT2D eigenvalue weighted by molar-refractivity contribution is 6.30. The predicted octanol–water partition coefficient (Wildman–Crippen LogP) is 2.83.